The Labute approximate surface area is 127 Å². The fourth-order valence-corrected chi connectivity index (χ4v) is 2.67. The van der Waals surface area contributed by atoms with Gasteiger partial charge in [0, 0.05) is 48.5 Å². The summed E-state index contributed by atoms with van der Waals surface area (Å²) in [5.41, 5.74) is 0.445. The second kappa shape index (κ2) is 5.67. The van der Waals surface area contributed by atoms with Crippen LogP contribution >= 0.6 is 11.6 Å². The van der Waals surface area contributed by atoms with Crippen LogP contribution in [0.2, 0.25) is 5.02 Å². The number of ether oxygens (including phenoxy) is 1. The predicted octanol–water partition coefficient (Wildman–Crippen LogP) is 2.09. The van der Waals surface area contributed by atoms with Crippen LogP contribution in [0.3, 0.4) is 0 Å². The summed E-state index contributed by atoms with van der Waals surface area (Å²) < 4.78 is 5.22. The molecule has 2 heterocycles. The maximum atomic E-state index is 12.2. The summed E-state index contributed by atoms with van der Waals surface area (Å²) in [5.74, 6) is -0.234. The minimum Gasteiger partial charge on any atom is -0.388 e. The molecule has 1 aliphatic rings. The van der Waals surface area contributed by atoms with Crippen LogP contribution in [-0.4, -0.2) is 41.4 Å². The topological polar surface area (TPSA) is 74.3 Å². The van der Waals surface area contributed by atoms with Gasteiger partial charge in [0.15, 0.2) is 0 Å². The van der Waals surface area contributed by atoms with E-state index in [1.54, 1.807) is 18.2 Å². The molecule has 3 rings (SSSR count). The third kappa shape index (κ3) is 3.20. The number of hydrogen-bond acceptors (Lipinski definition) is 3. The SMILES string of the molecule is O=C(NCC1(O)CCOCC1)c1cc2cc(Cl)ccc2[nH]1. The van der Waals surface area contributed by atoms with Gasteiger partial charge in [0.25, 0.3) is 5.91 Å². The molecule has 21 heavy (non-hydrogen) atoms. The van der Waals surface area contributed by atoms with Crippen LogP contribution in [0.5, 0.6) is 0 Å². The van der Waals surface area contributed by atoms with Crippen molar-refractivity contribution in [2.24, 2.45) is 0 Å². The van der Waals surface area contributed by atoms with Crippen LogP contribution < -0.4 is 5.32 Å². The van der Waals surface area contributed by atoms with E-state index >= 15 is 0 Å². The average molecular weight is 309 g/mol. The van der Waals surface area contributed by atoms with E-state index in [0.29, 0.717) is 36.8 Å². The molecule has 1 aliphatic heterocycles. The molecular formula is C15H17ClN2O3. The lowest BCUT2D eigenvalue weighted by molar-refractivity contribution is -0.0605. The van der Waals surface area contributed by atoms with Gasteiger partial charge in [-0.2, -0.15) is 0 Å². The van der Waals surface area contributed by atoms with Crippen LogP contribution in [0.4, 0.5) is 0 Å². The first kappa shape index (κ1) is 14.4. The molecule has 1 fully saturated rings. The summed E-state index contributed by atoms with van der Waals surface area (Å²) in [7, 11) is 0. The molecule has 1 aromatic carbocycles. The molecule has 0 spiro atoms. The van der Waals surface area contributed by atoms with Crippen LogP contribution in [0.1, 0.15) is 23.3 Å². The van der Waals surface area contributed by atoms with Gasteiger partial charge < -0.3 is 20.1 Å². The minimum absolute atomic E-state index is 0.227. The molecule has 1 saturated heterocycles. The first-order chi connectivity index (χ1) is 10.1. The Morgan fingerprint density at radius 2 is 2.14 bits per heavy atom. The Bertz CT molecular complexity index is 662. The number of amides is 1. The molecule has 5 nitrogen and oxygen atoms in total. The number of carbonyl (C=O) groups excluding carboxylic acids is 1. The summed E-state index contributed by atoms with van der Waals surface area (Å²) in [6.07, 6.45) is 1.07. The Morgan fingerprint density at radius 3 is 2.90 bits per heavy atom. The Morgan fingerprint density at radius 1 is 1.38 bits per heavy atom. The van der Waals surface area contributed by atoms with Gasteiger partial charge in [0.05, 0.1) is 5.60 Å². The van der Waals surface area contributed by atoms with E-state index < -0.39 is 5.60 Å². The summed E-state index contributed by atoms with van der Waals surface area (Å²) in [5, 5.41) is 14.6. The predicted molar refractivity (Wildman–Crippen MR) is 80.6 cm³/mol. The van der Waals surface area contributed by atoms with Crippen LogP contribution in [-0.2, 0) is 4.74 Å². The van der Waals surface area contributed by atoms with Gasteiger partial charge in [-0.25, -0.2) is 0 Å². The van der Waals surface area contributed by atoms with Gasteiger partial charge in [0.2, 0.25) is 0 Å². The molecule has 0 radical (unpaired) electrons. The van der Waals surface area contributed by atoms with Gasteiger partial charge >= 0.3 is 0 Å². The number of rotatable bonds is 3. The molecule has 1 aromatic heterocycles. The van der Waals surface area contributed by atoms with Crippen molar-refractivity contribution in [1.82, 2.24) is 10.3 Å². The highest BCUT2D eigenvalue weighted by Crippen LogP contribution is 2.21. The zero-order valence-corrected chi connectivity index (χ0v) is 12.2. The van der Waals surface area contributed by atoms with Gasteiger partial charge in [-0.1, -0.05) is 11.6 Å². The molecule has 0 aliphatic carbocycles. The van der Waals surface area contributed by atoms with Crippen molar-refractivity contribution in [1.29, 1.82) is 0 Å². The number of halogens is 1. The maximum absolute atomic E-state index is 12.2. The highest BCUT2D eigenvalue weighted by Gasteiger charge is 2.30. The fraction of sp³-hybridized carbons (Fsp3) is 0.400. The van der Waals surface area contributed by atoms with E-state index in [-0.39, 0.29) is 12.5 Å². The van der Waals surface area contributed by atoms with E-state index in [4.69, 9.17) is 16.3 Å². The van der Waals surface area contributed by atoms with Crippen molar-refractivity contribution >= 4 is 28.4 Å². The monoisotopic (exact) mass is 308 g/mol. The number of carbonyl (C=O) groups is 1. The lowest BCUT2D eigenvalue weighted by atomic mass is 9.94. The summed E-state index contributed by atoms with van der Waals surface area (Å²) in [6, 6.07) is 7.16. The number of nitrogens with one attached hydrogen (secondary N) is 2. The van der Waals surface area contributed by atoms with Crippen molar-refractivity contribution < 1.29 is 14.6 Å². The van der Waals surface area contributed by atoms with E-state index in [0.717, 1.165) is 10.9 Å². The number of hydrogen-bond donors (Lipinski definition) is 3. The van der Waals surface area contributed by atoms with Crippen molar-refractivity contribution in [3.8, 4) is 0 Å². The lowest BCUT2D eigenvalue weighted by Crippen LogP contribution is -2.46. The van der Waals surface area contributed by atoms with Crippen LogP contribution in [0.25, 0.3) is 10.9 Å². The van der Waals surface area contributed by atoms with Gasteiger partial charge in [0.1, 0.15) is 5.69 Å². The molecule has 0 atom stereocenters. The Kier molecular flexibility index (Phi) is 3.89. The first-order valence-electron chi connectivity index (χ1n) is 6.92. The highest BCUT2D eigenvalue weighted by molar-refractivity contribution is 6.31. The summed E-state index contributed by atoms with van der Waals surface area (Å²) in [4.78, 5) is 15.2. The van der Waals surface area contributed by atoms with Crippen molar-refractivity contribution in [2.75, 3.05) is 19.8 Å². The van der Waals surface area contributed by atoms with Gasteiger partial charge in [-0.05, 0) is 24.3 Å². The van der Waals surface area contributed by atoms with Gasteiger partial charge in [-0.15, -0.1) is 0 Å². The van der Waals surface area contributed by atoms with E-state index in [1.165, 1.54) is 0 Å². The number of benzene rings is 1. The second-order valence-corrected chi connectivity index (χ2v) is 5.87. The van der Waals surface area contributed by atoms with Crippen molar-refractivity contribution in [2.45, 2.75) is 18.4 Å². The Balaban J connectivity index is 1.69. The van der Waals surface area contributed by atoms with E-state index in [1.807, 2.05) is 6.07 Å². The third-order valence-corrected chi connectivity index (χ3v) is 4.06. The molecule has 0 saturated carbocycles. The summed E-state index contributed by atoms with van der Waals surface area (Å²) >= 11 is 5.93. The minimum atomic E-state index is -0.872. The van der Waals surface area contributed by atoms with Crippen LogP contribution in [0, 0.1) is 0 Å². The molecule has 3 N–H and O–H groups in total. The smallest absolute Gasteiger partial charge is 0.267 e. The fourth-order valence-electron chi connectivity index (χ4n) is 2.49. The first-order valence-corrected chi connectivity index (χ1v) is 7.30. The lowest BCUT2D eigenvalue weighted by Gasteiger charge is -2.31. The molecule has 6 heteroatoms. The number of aromatic amines is 1. The summed E-state index contributed by atoms with van der Waals surface area (Å²) in [6.45, 7) is 1.28. The van der Waals surface area contributed by atoms with Crippen LogP contribution in [0.15, 0.2) is 24.3 Å². The quantitative estimate of drug-likeness (QED) is 0.813. The van der Waals surface area contributed by atoms with E-state index in [9.17, 15) is 9.90 Å². The molecule has 1 amide bonds. The van der Waals surface area contributed by atoms with Crippen molar-refractivity contribution in [3.05, 3.63) is 35.0 Å². The number of aliphatic hydroxyl groups is 1. The highest BCUT2D eigenvalue weighted by atomic mass is 35.5. The number of fused-ring (bicyclic) bond motifs is 1. The normalized spacial score (nSPS) is 17.8. The zero-order chi connectivity index (χ0) is 14.9. The molecule has 112 valence electrons. The molecule has 0 unspecified atom stereocenters. The molecule has 2 aromatic rings. The number of aromatic nitrogens is 1. The largest absolute Gasteiger partial charge is 0.388 e. The second-order valence-electron chi connectivity index (χ2n) is 5.43. The maximum Gasteiger partial charge on any atom is 0.267 e. The van der Waals surface area contributed by atoms with Crippen molar-refractivity contribution in [3.63, 3.8) is 0 Å². The van der Waals surface area contributed by atoms with Gasteiger partial charge in [-0.3, -0.25) is 4.79 Å². The zero-order valence-electron chi connectivity index (χ0n) is 11.5. The van der Waals surface area contributed by atoms with E-state index in [2.05, 4.69) is 10.3 Å². The molecule has 0 bridgehead atoms. The standard InChI is InChI=1S/C15H17ClN2O3/c16-11-1-2-12-10(7-11)8-13(18-12)14(19)17-9-15(20)3-5-21-6-4-15/h1-2,7-8,18,20H,3-6,9H2,(H,17,19). The average Bonchev–Trinajstić information content (AvgIpc) is 2.88. The Hall–Kier alpha value is -1.56. The number of H-pyrrole nitrogens is 1. The third-order valence-electron chi connectivity index (χ3n) is 3.83. The molecular weight excluding hydrogens is 292 g/mol.